The van der Waals surface area contributed by atoms with Gasteiger partial charge in [-0.05, 0) is 33.6 Å². The van der Waals surface area contributed by atoms with Crippen molar-refractivity contribution in [3.8, 4) is 5.75 Å². The number of benzene rings is 2. The molecule has 3 nitrogen and oxygen atoms in total. The van der Waals surface area contributed by atoms with Crippen molar-refractivity contribution in [2.75, 3.05) is 6.54 Å². The van der Waals surface area contributed by atoms with Crippen molar-refractivity contribution >= 4 is 21.7 Å². The number of Topliss-reactive ketones (excluding diaryl/α,β-unsaturated/α-hetero) is 1. The van der Waals surface area contributed by atoms with Crippen LogP contribution in [0.4, 0.5) is 4.39 Å². The summed E-state index contributed by atoms with van der Waals surface area (Å²) in [7, 11) is 0. The summed E-state index contributed by atoms with van der Waals surface area (Å²) in [6.07, 6.45) is 0. The largest absolute Gasteiger partial charge is 0.485 e. The average molecular weight is 338 g/mol. The Bertz CT molecular complexity index is 594. The van der Waals surface area contributed by atoms with E-state index >= 15 is 0 Å². The SMILES string of the molecule is NCC(=O)c1cc(F)c(OCc2ccccc2)c(Br)c1. The molecule has 20 heavy (non-hydrogen) atoms. The molecule has 0 saturated carbocycles. The standard InChI is InChI=1S/C15H13BrFNO2/c16-12-6-11(14(19)8-18)7-13(17)15(12)20-9-10-4-2-1-3-5-10/h1-7H,8-9,18H2. The molecular formula is C15H13BrFNO2. The van der Waals surface area contributed by atoms with E-state index in [0.717, 1.165) is 11.6 Å². The molecule has 0 aliphatic rings. The van der Waals surface area contributed by atoms with Gasteiger partial charge in [0.25, 0.3) is 0 Å². The number of rotatable bonds is 5. The van der Waals surface area contributed by atoms with Crippen LogP contribution < -0.4 is 10.5 Å². The van der Waals surface area contributed by atoms with E-state index < -0.39 is 5.82 Å². The molecule has 0 bridgehead atoms. The number of ether oxygens (including phenoxy) is 1. The molecule has 0 heterocycles. The fraction of sp³-hybridized carbons (Fsp3) is 0.133. The van der Waals surface area contributed by atoms with E-state index in [2.05, 4.69) is 15.9 Å². The molecule has 0 aliphatic carbocycles. The fourth-order valence-corrected chi connectivity index (χ4v) is 2.26. The van der Waals surface area contributed by atoms with Gasteiger partial charge in [0, 0.05) is 5.56 Å². The minimum absolute atomic E-state index is 0.0856. The number of hydrogen-bond donors (Lipinski definition) is 1. The molecule has 0 saturated heterocycles. The summed E-state index contributed by atoms with van der Waals surface area (Å²) in [5, 5.41) is 0. The Hall–Kier alpha value is -1.72. The predicted molar refractivity (Wildman–Crippen MR) is 78.3 cm³/mol. The highest BCUT2D eigenvalue weighted by Gasteiger charge is 2.14. The second kappa shape index (κ2) is 6.63. The first-order valence-corrected chi connectivity index (χ1v) is 6.80. The molecule has 2 aromatic carbocycles. The van der Waals surface area contributed by atoms with Crippen molar-refractivity contribution in [3.63, 3.8) is 0 Å². The van der Waals surface area contributed by atoms with E-state index in [1.807, 2.05) is 30.3 Å². The Balaban J connectivity index is 2.18. The number of halogens is 2. The number of ketones is 1. The third-order valence-corrected chi connectivity index (χ3v) is 3.32. The number of carbonyl (C=O) groups excluding carboxylic acids is 1. The van der Waals surface area contributed by atoms with Crippen LogP contribution in [0.3, 0.4) is 0 Å². The monoisotopic (exact) mass is 337 g/mol. The van der Waals surface area contributed by atoms with Crippen LogP contribution in [0.1, 0.15) is 15.9 Å². The Labute approximate surface area is 124 Å². The summed E-state index contributed by atoms with van der Waals surface area (Å²) >= 11 is 3.21. The van der Waals surface area contributed by atoms with Crippen molar-refractivity contribution in [1.29, 1.82) is 0 Å². The third-order valence-electron chi connectivity index (χ3n) is 2.73. The first kappa shape index (κ1) is 14.7. The van der Waals surface area contributed by atoms with Crippen LogP contribution in [0.2, 0.25) is 0 Å². The Kier molecular flexibility index (Phi) is 4.87. The molecule has 2 rings (SSSR count). The fourth-order valence-electron chi connectivity index (χ4n) is 1.71. The Morgan fingerprint density at radius 2 is 1.95 bits per heavy atom. The van der Waals surface area contributed by atoms with Crippen LogP contribution in [0.25, 0.3) is 0 Å². The zero-order valence-electron chi connectivity index (χ0n) is 10.6. The maximum Gasteiger partial charge on any atom is 0.176 e. The van der Waals surface area contributed by atoms with Gasteiger partial charge in [0.1, 0.15) is 6.61 Å². The molecule has 2 aromatic rings. The van der Waals surface area contributed by atoms with Gasteiger partial charge in [0.2, 0.25) is 0 Å². The third kappa shape index (κ3) is 3.43. The van der Waals surface area contributed by atoms with Crippen molar-refractivity contribution in [2.24, 2.45) is 5.73 Å². The van der Waals surface area contributed by atoms with E-state index in [1.165, 1.54) is 6.07 Å². The predicted octanol–water partition coefficient (Wildman–Crippen LogP) is 3.31. The molecule has 2 N–H and O–H groups in total. The maximum atomic E-state index is 14.0. The van der Waals surface area contributed by atoms with Gasteiger partial charge in [-0.2, -0.15) is 0 Å². The summed E-state index contributed by atoms with van der Waals surface area (Å²) < 4.78 is 19.8. The average Bonchev–Trinajstić information content (AvgIpc) is 2.46. The van der Waals surface area contributed by atoms with Crippen LogP contribution in [-0.2, 0) is 6.61 Å². The van der Waals surface area contributed by atoms with E-state index in [9.17, 15) is 9.18 Å². The highest BCUT2D eigenvalue weighted by atomic mass is 79.9. The summed E-state index contributed by atoms with van der Waals surface area (Å²) in [6, 6.07) is 12.1. The first-order chi connectivity index (χ1) is 9.61. The van der Waals surface area contributed by atoms with Gasteiger partial charge in [-0.1, -0.05) is 30.3 Å². The quantitative estimate of drug-likeness (QED) is 0.851. The van der Waals surface area contributed by atoms with E-state index in [-0.39, 0.29) is 30.2 Å². The molecule has 104 valence electrons. The number of nitrogens with two attached hydrogens (primary N) is 1. The second-order valence-corrected chi connectivity index (χ2v) is 5.02. The molecule has 0 amide bonds. The molecule has 0 unspecified atom stereocenters. The lowest BCUT2D eigenvalue weighted by Crippen LogP contribution is -2.14. The van der Waals surface area contributed by atoms with Crippen LogP contribution in [-0.4, -0.2) is 12.3 Å². The van der Waals surface area contributed by atoms with Gasteiger partial charge < -0.3 is 10.5 Å². The van der Waals surface area contributed by atoms with Gasteiger partial charge >= 0.3 is 0 Å². The number of hydrogen-bond acceptors (Lipinski definition) is 3. The molecule has 5 heteroatoms. The van der Waals surface area contributed by atoms with Crippen molar-refractivity contribution < 1.29 is 13.9 Å². The van der Waals surface area contributed by atoms with Crippen molar-refractivity contribution in [3.05, 3.63) is 63.9 Å². The van der Waals surface area contributed by atoms with Gasteiger partial charge in [0.15, 0.2) is 17.3 Å². The first-order valence-electron chi connectivity index (χ1n) is 6.01. The number of carbonyl (C=O) groups is 1. The minimum atomic E-state index is -0.591. The van der Waals surface area contributed by atoms with Gasteiger partial charge in [-0.3, -0.25) is 4.79 Å². The van der Waals surface area contributed by atoms with Crippen LogP contribution in [0.15, 0.2) is 46.9 Å². The minimum Gasteiger partial charge on any atom is -0.485 e. The lowest BCUT2D eigenvalue weighted by Gasteiger charge is -2.10. The molecule has 0 spiro atoms. The molecular weight excluding hydrogens is 325 g/mol. The maximum absolute atomic E-state index is 14.0. The highest BCUT2D eigenvalue weighted by Crippen LogP contribution is 2.30. The molecule has 0 aliphatic heterocycles. The zero-order chi connectivity index (χ0) is 14.5. The van der Waals surface area contributed by atoms with Crippen LogP contribution in [0.5, 0.6) is 5.75 Å². The molecule has 0 radical (unpaired) electrons. The molecule has 0 atom stereocenters. The second-order valence-electron chi connectivity index (χ2n) is 4.17. The highest BCUT2D eigenvalue weighted by molar-refractivity contribution is 9.10. The van der Waals surface area contributed by atoms with Crippen molar-refractivity contribution in [2.45, 2.75) is 6.61 Å². The summed E-state index contributed by atoms with van der Waals surface area (Å²) in [6.45, 7) is 0.0939. The lowest BCUT2D eigenvalue weighted by molar-refractivity contribution is 0.100. The topological polar surface area (TPSA) is 52.3 Å². The van der Waals surface area contributed by atoms with E-state index in [0.29, 0.717) is 4.47 Å². The molecule has 0 aromatic heterocycles. The Morgan fingerprint density at radius 3 is 2.55 bits per heavy atom. The summed E-state index contributed by atoms with van der Waals surface area (Å²) in [5.74, 6) is -0.825. The smallest absolute Gasteiger partial charge is 0.176 e. The van der Waals surface area contributed by atoms with Crippen molar-refractivity contribution in [1.82, 2.24) is 0 Å². The van der Waals surface area contributed by atoms with Gasteiger partial charge in [-0.25, -0.2) is 4.39 Å². The summed E-state index contributed by atoms with van der Waals surface area (Å²) in [4.78, 5) is 11.5. The zero-order valence-corrected chi connectivity index (χ0v) is 12.2. The van der Waals surface area contributed by atoms with Gasteiger partial charge in [0.05, 0.1) is 11.0 Å². The lowest BCUT2D eigenvalue weighted by atomic mass is 10.1. The normalized spacial score (nSPS) is 10.3. The van der Waals surface area contributed by atoms with Crippen LogP contribution >= 0.6 is 15.9 Å². The molecule has 0 fully saturated rings. The van der Waals surface area contributed by atoms with Crippen LogP contribution in [0, 0.1) is 5.82 Å². The summed E-state index contributed by atoms with van der Waals surface area (Å²) in [5.41, 5.74) is 6.42. The van der Waals surface area contributed by atoms with E-state index in [1.54, 1.807) is 0 Å². The van der Waals surface area contributed by atoms with E-state index in [4.69, 9.17) is 10.5 Å². The van der Waals surface area contributed by atoms with Gasteiger partial charge in [-0.15, -0.1) is 0 Å². The Morgan fingerprint density at radius 1 is 1.25 bits per heavy atom.